The second-order valence-electron chi connectivity index (χ2n) is 3.63. The van der Waals surface area contributed by atoms with E-state index in [1.165, 1.54) is 0 Å². The van der Waals surface area contributed by atoms with E-state index in [0.29, 0.717) is 12.2 Å². The standard InChI is InChI=1S/C10H14N2O/c1-10(2,7-11)9(13)8-5-3-4-6-12-8/h3-6H,7,11H2,1-2H3. The van der Waals surface area contributed by atoms with Crippen LogP contribution in [0.4, 0.5) is 0 Å². The lowest BCUT2D eigenvalue weighted by atomic mass is 9.86. The van der Waals surface area contributed by atoms with Crippen LogP contribution in [0.5, 0.6) is 0 Å². The predicted octanol–water partition coefficient (Wildman–Crippen LogP) is 1.25. The van der Waals surface area contributed by atoms with E-state index in [-0.39, 0.29) is 5.78 Å². The fourth-order valence-electron chi connectivity index (χ4n) is 0.936. The zero-order valence-electron chi connectivity index (χ0n) is 7.95. The number of carbonyl (C=O) groups excluding carboxylic acids is 1. The lowest BCUT2D eigenvalue weighted by molar-refractivity contribution is 0.0842. The minimum Gasteiger partial charge on any atom is -0.329 e. The van der Waals surface area contributed by atoms with Gasteiger partial charge in [-0.2, -0.15) is 0 Å². The average molecular weight is 178 g/mol. The Morgan fingerprint density at radius 1 is 1.54 bits per heavy atom. The molecule has 0 aliphatic heterocycles. The van der Waals surface area contributed by atoms with E-state index < -0.39 is 5.41 Å². The molecule has 0 saturated heterocycles. The van der Waals surface area contributed by atoms with Gasteiger partial charge in [0.05, 0.1) is 0 Å². The monoisotopic (exact) mass is 178 g/mol. The molecule has 70 valence electrons. The van der Waals surface area contributed by atoms with Crippen LogP contribution in [0.25, 0.3) is 0 Å². The van der Waals surface area contributed by atoms with Gasteiger partial charge in [-0.15, -0.1) is 0 Å². The summed E-state index contributed by atoms with van der Waals surface area (Å²) in [4.78, 5) is 15.7. The summed E-state index contributed by atoms with van der Waals surface area (Å²) >= 11 is 0. The quantitative estimate of drug-likeness (QED) is 0.709. The van der Waals surface area contributed by atoms with Gasteiger partial charge in [-0.25, -0.2) is 0 Å². The Morgan fingerprint density at radius 2 is 2.23 bits per heavy atom. The number of nitrogens with two attached hydrogens (primary N) is 1. The van der Waals surface area contributed by atoms with E-state index in [0.717, 1.165) is 0 Å². The summed E-state index contributed by atoms with van der Waals surface area (Å²) in [6, 6.07) is 5.29. The molecule has 0 aromatic carbocycles. The second-order valence-corrected chi connectivity index (χ2v) is 3.63. The fraction of sp³-hybridized carbons (Fsp3) is 0.400. The number of ketones is 1. The van der Waals surface area contributed by atoms with E-state index in [9.17, 15) is 4.79 Å². The minimum absolute atomic E-state index is 0.00407. The molecule has 1 heterocycles. The molecule has 1 aromatic rings. The van der Waals surface area contributed by atoms with Gasteiger partial charge in [-0.05, 0) is 12.1 Å². The molecular weight excluding hydrogens is 164 g/mol. The third kappa shape index (κ3) is 2.12. The zero-order chi connectivity index (χ0) is 9.90. The van der Waals surface area contributed by atoms with Crippen molar-refractivity contribution >= 4 is 5.78 Å². The van der Waals surface area contributed by atoms with Crippen molar-refractivity contribution < 1.29 is 4.79 Å². The predicted molar refractivity (Wildman–Crippen MR) is 51.4 cm³/mol. The molecule has 3 heteroatoms. The molecule has 0 aliphatic carbocycles. The van der Waals surface area contributed by atoms with Crippen LogP contribution in [0.2, 0.25) is 0 Å². The Balaban J connectivity index is 2.93. The first kappa shape index (κ1) is 9.86. The maximum Gasteiger partial charge on any atom is 0.187 e. The van der Waals surface area contributed by atoms with Crippen LogP contribution in [0.15, 0.2) is 24.4 Å². The summed E-state index contributed by atoms with van der Waals surface area (Å²) < 4.78 is 0. The van der Waals surface area contributed by atoms with Gasteiger partial charge < -0.3 is 5.73 Å². The fourth-order valence-corrected chi connectivity index (χ4v) is 0.936. The molecule has 0 saturated carbocycles. The van der Waals surface area contributed by atoms with Crippen molar-refractivity contribution in [1.29, 1.82) is 0 Å². The molecule has 0 amide bonds. The number of pyridine rings is 1. The number of carbonyl (C=O) groups is 1. The highest BCUT2D eigenvalue weighted by molar-refractivity contribution is 5.98. The van der Waals surface area contributed by atoms with Crippen LogP contribution in [-0.4, -0.2) is 17.3 Å². The van der Waals surface area contributed by atoms with Crippen LogP contribution in [0.1, 0.15) is 24.3 Å². The minimum atomic E-state index is -0.519. The molecule has 3 nitrogen and oxygen atoms in total. The van der Waals surface area contributed by atoms with Crippen molar-refractivity contribution in [1.82, 2.24) is 4.98 Å². The van der Waals surface area contributed by atoms with E-state index in [2.05, 4.69) is 4.98 Å². The molecule has 0 aliphatic rings. The van der Waals surface area contributed by atoms with Gasteiger partial charge in [0.25, 0.3) is 0 Å². The highest BCUT2D eigenvalue weighted by Crippen LogP contribution is 2.18. The number of Topliss-reactive ketones (excluding diaryl/α,β-unsaturated/α-hetero) is 1. The van der Waals surface area contributed by atoms with Crippen molar-refractivity contribution in [2.24, 2.45) is 11.1 Å². The second kappa shape index (κ2) is 3.66. The molecule has 0 radical (unpaired) electrons. The van der Waals surface area contributed by atoms with Gasteiger partial charge >= 0.3 is 0 Å². The molecule has 1 aromatic heterocycles. The van der Waals surface area contributed by atoms with Crippen molar-refractivity contribution in [3.05, 3.63) is 30.1 Å². The van der Waals surface area contributed by atoms with E-state index in [1.54, 1.807) is 24.4 Å². The lowest BCUT2D eigenvalue weighted by Gasteiger charge is -2.19. The summed E-state index contributed by atoms with van der Waals surface area (Å²) in [7, 11) is 0. The highest BCUT2D eigenvalue weighted by atomic mass is 16.1. The van der Waals surface area contributed by atoms with Gasteiger partial charge in [0.15, 0.2) is 5.78 Å². The van der Waals surface area contributed by atoms with Crippen molar-refractivity contribution in [3.63, 3.8) is 0 Å². The molecular formula is C10H14N2O. The van der Waals surface area contributed by atoms with Crippen LogP contribution in [-0.2, 0) is 0 Å². The molecule has 1 rings (SSSR count). The van der Waals surface area contributed by atoms with Crippen LogP contribution < -0.4 is 5.73 Å². The normalized spacial score (nSPS) is 11.3. The number of rotatable bonds is 3. The maximum absolute atomic E-state index is 11.8. The number of hydrogen-bond donors (Lipinski definition) is 1. The first-order valence-corrected chi connectivity index (χ1v) is 4.24. The number of nitrogens with zero attached hydrogens (tertiary/aromatic N) is 1. The molecule has 0 bridgehead atoms. The smallest absolute Gasteiger partial charge is 0.187 e. The van der Waals surface area contributed by atoms with Gasteiger partial charge in [0.1, 0.15) is 5.69 Å². The average Bonchev–Trinajstić information content (AvgIpc) is 2.18. The lowest BCUT2D eigenvalue weighted by Crippen LogP contribution is -2.33. The van der Waals surface area contributed by atoms with Crippen molar-refractivity contribution in [2.45, 2.75) is 13.8 Å². The maximum atomic E-state index is 11.8. The largest absolute Gasteiger partial charge is 0.329 e. The Morgan fingerprint density at radius 3 is 2.69 bits per heavy atom. The van der Waals surface area contributed by atoms with Gasteiger partial charge in [0.2, 0.25) is 0 Å². The topological polar surface area (TPSA) is 56.0 Å². The molecule has 2 N–H and O–H groups in total. The highest BCUT2D eigenvalue weighted by Gasteiger charge is 2.27. The Kier molecular flexibility index (Phi) is 2.78. The van der Waals surface area contributed by atoms with Gasteiger partial charge in [0, 0.05) is 18.2 Å². The first-order chi connectivity index (χ1) is 6.08. The van der Waals surface area contributed by atoms with Crippen LogP contribution >= 0.6 is 0 Å². The van der Waals surface area contributed by atoms with Crippen LogP contribution in [0, 0.1) is 5.41 Å². The van der Waals surface area contributed by atoms with E-state index >= 15 is 0 Å². The Bertz CT molecular complexity index is 293. The summed E-state index contributed by atoms with van der Waals surface area (Å²) in [5.41, 5.74) is 5.46. The molecule has 13 heavy (non-hydrogen) atoms. The number of hydrogen-bond acceptors (Lipinski definition) is 3. The first-order valence-electron chi connectivity index (χ1n) is 4.24. The Hall–Kier alpha value is -1.22. The SMILES string of the molecule is CC(C)(CN)C(=O)c1ccccn1. The van der Waals surface area contributed by atoms with Crippen molar-refractivity contribution in [2.75, 3.05) is 6.54 Å². The zero-order valence-corrected chi connectivity index (χ0v) is 7.95. The van der Waals surface area contributed by atoms with Gasteiger partial charge in [-0.3, -0.25) is 9.78 Å². The van der Waals surface area contributed by atoms with Crippen LogP contribution in [0.3, 0.4) is 0 Å². The third-order valence-corrected chi connectivity index (χ3v) is 2.02. The number of aromatic nitrogens is 1. The molecule has 0 atom stereocenters. The molecule has 0 fully saturated rings. The van der Waals surface area contributed by atoms with E-state index in [1.807, 2.05) is 13.8 Å². The Labute approximate surface area is 78.0 Å². The molecule has 0 unspecified atom stereocenters. The summed E-state index contributed by atoms with van der Waals surface area (Å²) in [5, 5.41) is 0. The summed E-state index contributed by atoms with van der Waals surface area (Å²) in [6.45, 7) is 3.98. The summed E-state index contributed by atoms with van der Waals surface area (Å²) in [5.74, 6) is -0.00407. The van der Waals surface area contributed by atoms with Gasteiger partial charge in [-0.1, -0.05) is 19.9 Å². The van der Waals surface area contributed by atoms with Crippen molar-refractivity contribution in [3.8, 4) is 0 Å². The van der Waals surface area contributed by atoms with E-state index in [4.69, 9.17) is 5.73 Å². The summed E-state index contributed by atoms with van der Waals surface area (Å²) in [6.07, 6.45) is 1.61. The molecule has 0 spiro atoms. The third-order valence-electron chi connectivity index (χ3n) is 2.02.